The predicted molar refractivity (Wildman–Crippen MR) is 69.5 cm³/mol. The van der Waals surface area contributed by atoms with E-state index < -0.39 is 22.8 Å². The topological polar surface area (TPSA) is 46.2 Å². The summed E-state index contributed by atoms with van der Waals surface area (Å²) >= 11 is 2.95. The minimum absolute atomic E-state index is 0.0226. The van der Waals surface area contributed by atoms with Crippen molar-refractivity contribution in [3.05, 3.63) is 27.7 Å². The summed E-state index contributed by atoms with van der Waals surface area (Å²) in [5, 5.41) is 9.40. The molecule has 0 amide bonds. The van der Waals surface area contributed by atoms with Gasteiger partial charge < -0.3 is 10.8 Å². The molecular weight excluding hydrogens is 304 g/mol. The van der Waals surface area contributed by atoms with Crippen LogP contribution in [0.4, 0.5) is 8.78 Å². The number of hydrogen-bond donors (Lipinski definition) is 2. The average Bonchev–Trinajstić information content (AvgIpc) is 2.37. The second-order valence-corrected chi connectivity index (χ2v) is 5.72. The van der Waals surface area contributed by atoms with E-state index in [0.29, 0.717) is 12.8 Å². The quantitative estimate of drug-likeness (QED) is 0.818. The molecule has 5 heteroatoms. The summed E-state index contributed by atoms with van der Waals surface area (Å²) in [5.74, 6) is -1.85. The highest BCUT2D eigenvalue weighted by Gasteiger charge is 2.38. The van der Waals surface area contributed by atoms with Crippen LogP contribution in [-0.4, -0.2) is 11.7 Å². The highest BCUT2D eigenvalue weighted by molar-refractivity contribution is 9.10. The van der Waals surface area contributed by atoms with E-state index in [2.05, 4.69) is 15.9 Å². The van der Waals surface area contributed by atoms with Gasteiger partial charge in [-0.1, -0.05) is 19.3 Å². The van der Waals surface area contributed by atoms with E-state index in [9.17, 15) is 13.9 Å². The first-order chi connectivity index (χ1) is 8.52. The Hall–Kier alpha value is -0.680. The Morgan fingerprint density at radius 3 is 2.44 bits per heavy atom. The lowest BCUT2D eigenvalue weighted by atomic mass is 9.69. The number of phenolic OH excluding ortho intramolecular Hbond substituents is 1. The fourth-order valence-electron chi connectivity index (χ4n) is 2.85. The van der Waals surface area contributed by atoms with Gasteiger partial charge in [0, 0.05) is 23.6 Å². The number of nitrogens with two attached hydrogens (primary N) is 1. The summed E-state index contributed by atoms with van der Waals surface area (Å²) in [5.41, 5.74) is 5.17. The van der Waals surface area contributed by atoms with Crippen molar-refractivity contribution in [2.45, 2.75) is 37.5 Å². The maximum atomic E-state index is 14.2. The van der Waals surface area contributed by atoms with Crippen LogP contribution < -0.4 is 5.73 Å². The molecule has 18 heavy (non-hydrogen) atoms. The average molecular weight is 320 g/mol. The van der Waals surface area contributed by atoms with Gasteiger partial charge in [-0.2, -0.15) is 0 Å². The molecule has 0 saturated heterocycles. The Balaban J connectivity index is 2.58. The van der Waals surface area contributed by atoms with Crippen molar-refractivity contribution in [2.75, 3.05) is 6.54 Å². The maximum Gasteiger partial charge on any atom is 0.147 e. The van der Waals surface area contributed by atoms with Crippen LogP contribution in [0.15, 0.2) is 10.5 Å². The van der Waals surface area contributed by atoms with Gasteiger partial charge in [0.1, 0.15) is 17.4 Å². The minimum Gasteiger partial charge on any atom is -0.507 e. The van der Waals surface area contributed by atoms with Gasteiger partial charge in [-0.25, -0.2) is 8.78 Å². The molecule has 1 aromatic rings. The molecular formula is C13H16BrF2NO. The van der Waals surface area contributed by atoms with Crippen molar-refractivity contribution < 1.29 is 13.9 Å². The zero-order valence-corrected chi connectivity index (χ0v) is 11.6. The maximum absolute atomic E-state index is 14.2. The van der Waals surface area contributed by atoms with E-state index in [0.717, 1.165) is 25.3 Å². The molecule has 0 atom stereocenters. The molecule has 1 fully saturated rings. The molecule has 2 nitrogen and oxygen atoms in total. The number of halogens is 3. The van der Waals surface area contributed by atoms with Gasteiger partial charge in [-0.3, -0.25) is 0 Å². The van der Waals surface area contributed by atoms with Crippen LogP contribution in [-0.2, 0) is 5.41 Å². The minimum atomic E-state index is -0.722. The number of benzene rings is 1. The van der Waals surface area contributed by atoms with Crippen LogP contribution in [0.1, 0.15) is 37.7 Å². The molecule has 0 heterocycles. The Kier molecular flexibility index (Phi) is 3.92. The highest BCUT2D eigenvalue weighted by Crippen LogP contribution is 2.44. The third-order valence-electron chi connectivity index (χ3n) is 3.87. The van der Waals surface area contributed by atoms with E-state index in [1.54, 1.807) is 0 Å². The van der Waals surface area contributed by atoms with Gasteiger partial charge >= 0.3 is 0 Å². The monoisotopic (exact) mass is 319 g/mol. The Labute approximate surface area is 113 Å². The zero-order valence-electron chi connectivity index (χ0n) is 9.98. The number of aromatic hydroxyl groups is 1. The van der Waals surface area contributed by atoms with Crippen molar-refractivity contribution in [1.29, 1.82) is 0 Å². The molecule has 0 unspecified atom stereocenters. The lowest BCUT2D eigenvalue weighted by molar-refractivity contribution is 0.280. The lowest BCUT2D eigenvalue weighted by Crippen LogP contribution is -2.39. The molecule has 1 aliphatic rings. The normalized spacial score (nSPS) is 18.9. The standard InChI is InChI=1S/C13H16BrF2NO/c14-11-9(18)6-8(15)10(12(11)16)13(7-17)4-2-1-3-5-13/h6,18H,1-5,7,17H2. The van der Waals surface area contributed by atoms with Crippen LogP contribution in [0.25, 0.3) is 0 Å². The smallest absolute Gasteiger partial charge is 0.147 e. The third kappa shape index (κ3) is 2.14. The predicted octanol–water partition coefficient (Wildman–Crippen LogP) is 3.59. The van der Waals surface area contributed by atoms with Crippen LogP contribution in [0, 0.1) is 11.6 Å². The van der Waals surface area contributed by atoms with Gasteiger partial charge in [0.2, 0.25) is 0 Å². The van der Waals surface area contributed by atoms with E-state index in [1.807, 2.05) is 0 Å². The Bertz CT molecular complexity index is 459. The summed E-state index contributed by atoms with van der Waals surface area (Å²) in [6.07, 6.45) is 4.30. The SMILES string of the molecule is NCC1(c2c(F)cc(O)c(Br)c2F)CCCCC1. The van der Waals surface area contributed by atoms with Crippen LogP contribution in [0.3, 0.4) is 0 Å². The van der Waals surface area contributed by atoms with E-state index in [1.165, 1.54) is 0 Å². The third-order valence-corrected chi connectivity index (χ3v) is 4.63. The molecule has 1 saturated carbocycles. The first-order valence-electron chi connectivity index (χ1n) is 6.09. The fourth-order valence-corrected chi connectivity index (χ4v) is 3.17. The molecule has 100 valence electrons. The molecule has 0 spiro atoms. The van der Waals surface area contributed by atoms with Crippen molar-refractivity contribution in [3.63, 3.8) is 0 Å². The van der Waals surface area contributed by atoms with Crippen molar-refractivity contribution >= 4 is 15.9 Å². The van der Waals surface area contributed by atoms with Crippen LogP contribution >= 0.6 is 15.9 Å². The van der Waals surface area contributed by atoms with E-state index in [-0.39, 0.29) is 16.6 Å². The summed E-state index contributed by atoms with van der Waals surface area (Å²) in [6, 6.07) is 0.953. The molecule has 1 aromatic carbocycles. The molecule has 0 aliphatic heterocycles. The van der Waals surface area contributed by atoms with Gasteiger partial charge in [-0.05, 0) is 28.8 Å². The Morgan fingerprint density at radius 1 is 1.28 bits per heavy atom. The lowest BCUT2D eigenvalue weighted by Gasteiger charge is -2.37. The Morgan fingerprint density at radius 2 is 1.89 bits per heavy atom. The first kappa shape index (κ1) is 13.7. The zero-order chi connectivity index (χ0) is 13.3. The second-order valence-electron chi connectivity index (χ2n) is 4.93. The second kappa shape index (κ2) is 5.13. The van der Waals surface area contributed by atoms with Crippen LogP contribution in [0.2, 0.25) is 0 Å². The summed E-state index contributed by atoms with van der Waals surface area (Å²) in [4.78, 5) is 0. The molecule has 0 aromatic heterocycles. The van der Waals surface area contributed by atoms with Crippen molar-refractivity contribution in [3.8, 4) is 5.75 Å². The number of hydrogen-bond acceptors (Lipinski definition) is 2. The van der Waals surface area contributed by atoms with Crippen LogP contribution in [0.5, 0.6) is 5.75 Å². The van der Waals surface area contributed by atoms with Crippen molar-refractivity contribution in [1.82, 2.24) is 0 Å². The molecule has 0 radical (unpaired) electrons. The molecule has 3 N–H and O–H groups in total. The molecule has 1 aliphatic carbocycles. The highest BCUT2D eigenvalue weighted by atomic mass is 79.9. The van der Waals surface area contributed by atoms with Gasteiger partial charge in [0.15, 0.2) is 0 Å². The van der Waals surface area contributed by atoms with Crippen molar-refractivity contribution in [2.24, 2.45) is 5.73 Å². The molecule has 2 rings (SSSR count). The largest absolute Gasteiger partial charge is 0.507 e. The summed E-state index contributed by atoms with van der Waals surface area (Å²) in [6.45, 7) is 0.220. The first-order valence-corrected chi connectivity index (χ1v) is 6.88. The number of phenols is 1. The molecule has 0 bridgehead atoms. The van der Waals surface area contributed by atoms with E-state index in [4.69, 9.17) is 5.73 Å². The van der Waals surface area contributed by atoms with E-state index >= 15 is 0 Å². The van der Waals surface area contributed by atoms with Gasteiger partial charge in [0.05, 0.1) is 4.47 Å². The summed E-state index contributed by atoms with van der Waals surface area (Å²) < 4.78 is 28.2. The van der Waals surface area contributed by atoms with Gasteiger partial charge in [0.25, 0.3) is 0 Å². The van der Waals surface area contributed by atoms with Gasteiger partial charge in [-0.15, -0.1) is 0 Å². The summed E-state index contributed by atoms with van der Waals surface area (Å²) in [7, 11) is 0. The number of rotatable bonds is 2. The fraction of sp³-hybridized carbons (Fsp3) is 0.538.